The maximum Gasteiger partial charge on any atom is 0.407 e. The Labute approximate surface area is 172 Å². The minimum Gasteiger partial charge on any atom is -0.465 e. The van der Waals surface area contributed by atoms with Gasteiger partial charge >= 0.3 is 12.1 Å². The molecule has 1 aliphatic rings. The van der Waals surface area contributed by atoms with Crippen LogP contribution in [0.25, 0.3) is 10.9 Å². The number of carbonyl (C=O) groups is 3. The number of rotatable bonds is 5. The quantitative estimate of drug-likeness (QED) is 0.403. The first-order valence-corrected chi connectivity index (χ1v) is 9.65. The number of nitrogens with zero attached hydrogens (tertiary/aromatic N) is 3. The summed E-state index contributed by atoms with van der Waals surface area (Å²) in [7, 11) is 0. The molecule has 2 atom stereocenters. The number of amides is 1. The van der Waals surface area contributed by atoms with Gasteiger partial charge < -0.3 is 9.84 Å². The lowest BCUT2D eigenvalue weighted by Crippen LogP contribution is -2.45. The first-order valence-electron chi connectivity index (χ1n) is 8.48. The third kappa shape index (κ3) is 3.58. The van der Waals surface area contributed by atoms with E-state index < -0.39 is 35.7 Å². The number of halogens is 3. The van der Waals surface area contributed by atoms with E-state index in [0.717, 1.165) is 9.58 Å². The Bertz CT molecular complexity index is 966. The molecule has 28 heavy (non-hydrogen) atoms. The van der Waals surface area contributed by atoms with E-state index in [-0.39, 0.29) is 40.0 Å². The van der Waals surface area contributed by atoms with E-state index >= 15 is 0 Å². The molecule has 2 heterocycles. The van der Waals surface area contributed by atoms with Crippen molar-refractivity contribution in [3.63, 3.8) is 0 Å². The van der Waals surface area contributed by atoms with Crippen molar-refractivity contribution >= 4 is 56.3 Å². The van der Waals surface area contributed by atoms with Gasteiger partial charge in [0.25, 0.3) is 0 Å². The number of esters is 1. The minimum absolute atomic E-state index is 0.0113. The number of likely N-dealkylation sites (tertiary alicyclic amines) is 1. The summed E-state index contributed by atoms with van der Waals surface area (Å²) >= 11 is 9.16. The third-order valence-electron chi connectivity index (χ3n) is 4.53. The predicted octanol–water partition coefficient (Wildman–Crippen LogP) is 3.41. The zero-order chi connectivity index (χ0) is 20.6. The Morgan fingerprint density at radius 3 is 2.86 bits per heavy atom. The minimum atomic E-state index is -1.55. The number of benzene rings is 1. The fraction of sp³-hybridized carbons (Fsp3) is 0.412. The highest BCUT2D eigenvalue weighted by Gasteiger charge is 2.42. The summed E-state index contributed by atoms with van der Waals surface area (Å²) in [5.41, 5.74) is -0.122. The van der Waals surface area contributed by atoms with Crippen LogP contribution in [0.15, 0.2) is 16.7 Å². The maximum absolute atomic E-state index is 14.4. The molecule has 1 aromatic carbocycles. The number of aromatic nitrogens is 2. The molecule has 0 spiro atoms. The second kappa shape index (κ2) is 8.04. The summed E-state index contributed by atoms with van der Waals surface area (Å²) in [6.45, 7) is 1.78. The average molecular weight is 477 g/mol. The lowest BCUT2D eigenvalue weighted by Gasteiger charge is -2.24. The molecule has 1 unspecified atom stereocenters. The number of fused-ring (bicyclic) bond motifs is 1. The SMILES string of the molecule is CCOC(=O)C(C(=O)[C@@H]1CCCN1C(=O)O)n1cc2c(Cl)cc(Br)c(F)c2n1. The molecule has 11 heteroatoms. The van der Waals surface area contributed by atoms with Crippen molar-refractivity contribution in [1.29, 1.82) is 0 Å². The lowest BCUT2D eigenvalue weighted by molar-refractivity contribution is -0.152. The van der Waals surface area contributed by atoms with Crippen molar-refractivity contribution in [1.82, 2.24) is 14.7 Å². The highest BCUT2D eigenvalue weighted by molar-refractivity contribution is 9.10. The van der Waals surface area contributed by atoms with Crippen LogP contribution in [0.1, 0.15) is 25.8 Å². The monoisotopic (exact) mass is 475 g/mol. The topological polar surface area (TPSA) is 102 Å². The van der Waals surface area contributed by atoms with Crippen LogP contribution in [0.5, 0.6) is 0 Å². The molecule has 150 valence electrons. The largest absolute Gasteiger partial charge is 0.465 e. The van der Waals surface area contributed by atoms with Gasteiger partial charge in [-0.15, -0.1) is 0 Å². The number of hydrogen-bond acceptors (Lipinski definition) is 5. The van der Waals surface area contributed by atoms with E-state index in [1.165, 1.54) is 12.3 Å². The molecule has 1 aliphatic heterocycles. The zero-order valence-electron chi connectivity index (χ0n) is 14.7. The maximum atomic E-state index is 14.4. The number of carbonyl (C=O) groups excluding carboxylic acids is 2. The zero-order valence-corrected chi connectivity index (χ0v) is 17.0. The van der Waals surface area contributed by atoms with Crippen molar-refractivity contribution in [2.45, 2.75) is 31.8 Å². The highest BCUT2D eigenvalue weighted by atomic mass is 79.9. The molecule has 0 radical (unpaired) electrons. The number of Topliss-reactive ketones (excluding diaryl/α,β-unsaturated/α-hetero) is 1. The summed E-state index contributed by atoms with van der Waals surface area (Å²) in [5.74, 6) is -2.27. The van der Waals surface area contributed by atoms with Crippen LogP contribution in [0.4, 0.5) is 9.18 Å². The van der Waals surface area contributed by atoms with Crippen LogP contribution < -0.4 is 0 Å². The average Bonchev–Trinajstić information content (AvgIpc) is 3.28. The van der Waals surface area contributed by atoms with Crippen molar-refractivity contribution in [3.05, 3.63) is 27.6 Å². The normalized spacial score (nSPS) is 17.7. The van der Waals surface area contributed by atoms with Gasteiger partial charge in [-0.1, -0.05) is 11.6 Å². The van der Waals surface area contributed by atoms with Crippen LogP contribution >= 0.6 is 27.5 Å². The molecule has 1 fully saturated rings. The van der Waals surface area contributed by atoms with Crippen LogP contribution in [0.3, 0.4) is 0 Å². The first kappa shape index (κ1) is 20.5. The van der Waals surface area contributed by atoms with E-state index in [1.807, 2.05) is 0 Å². The van der Waals surface area contributed by atoms with Crippen LogP contribution in [-0.4, -0.2) is 56.8 Å². The van der Waals surface area contributed by atoms with Crippen molar-refractivity contribution in [3.8, 4) is 0 Å². The van der Waals surface area contributed by atoms with Gasteiger partial charge in [0.1, 0.15) is 5.52 Å². The smallest absolute Gasteiger partial charge is 0.407 e. The van der Waals surface area contributed by atoms with Gasteiger partial charge in [-0.25, -0.2) is 18.7 Å². The van der Waals surface area contributed by atoms with E-state index in [0.29, 0.717) is 6.42 Å². The van der Waals surface area contributed by atoms with Gasteiger partial charge in [0, 0.05) is 18.1 Å². The Morgan fingerprint density at radius 2 is 2.21 bits per heavy atom. The molecule has 0 saturated carbocycles. The standard InChI is InChI=1S/C17H16BrClFN3O5/c1-2-28-16(25)14(15(24)11-4-3-5-22(11)17(26)27)23-7-8-10(19)6-9(18)12(20)13(8)21-23/h6-7,11,14H,2-5H2,1H3,(H,26,27)/t11-,14?/m0/s1. The molecule has 3 rings (SSSR count). The van der Waals surface area contributed by atoms with E-state index in [1.54, 1.807) is 6.92 Å². The molecule has 1 saturated heterocycles. The van der Waals surface area contributed by atoms with Gasteiger partial charge in [-0.2, -0.15) is 5.10 Å². The number of ketones is 1. The van der Waals surface area contributed by atoms with E-state index in [4.69, 9.17) is 16.3 Å². The summed E-state index contributed by atoms with van der Waals surface area (Å²) in [5, 5.41) is 13.7. The van der Waals surface area contributed by atoms with Gasteiger partial charge in [0.05, 0.1) is 22.1 Å². The van der Waals surface area contributed by atoms with Crippen molar-refractivity contribution < 1.29 is 28.6 Å². The molecule has 0 aliphatic carbocycles. The van der Waals surface area contributed by atoms with Crippen LogP contribution in [-0.2, 0) is 14.3 Å². The second-order valence-electron chi connectivity index (χ2n) is 6.22. The summed E-state index contributed by atoms with van der Waals surface area (Å²) in [6.07, 6.45) is 0.809. The molecule has 0 bridgehead atoms. The molecule has 2 aromatic rings. The van der Waals surface area contributed by atoms with Crippen molar-refractivity contribution in [2.24, 2.45) is 0 Å². The fourth-order valence-electron chi connectivity index (χ4n) is 3.28. The highest BCUT2D eigenvalue weighted by Crippen LogP contribution is 2.32. The van der Waals surface area contributed by atoms with E-state index in [2.05, 4.69) is 21.0 Å². The Morgan fingerprint density at radius 1 is 1.50 bits per heavy atom. The Hall–Kier alpha value is -2.20. The van der Waals surface area contributed by atoms with Crippen molar-refractivity contribution in [2.75, 3.05) is 13.2 Å². The fourth-order valence-corrected chi connectivity index (χ4v) is 4.07. The molecule has 1 amide bonds. The third-order valence-corrected chi connectivity index (χ3v) is 5.42. The Kier molecular flexibility index (Phi) is 5.90. The first-order chi connectivity index (χ1) is 13.3. The van der Waals surface area contributed by atoms with Gasteiger partial charge in [0.15, 0.2) is 11.6 Å². The van der Waals surface area contributed by atoms with Crippen LogP contribution in [0.2, 0.25) is 5.02 Å². The summed E-state index contributed by atoms with van der Waals surface area (Å²) in [4.78, 5) is 38.0. The lowest BCUT2D eigenvalue weighted by atomic mass is 10.0. The Balaban J connectivity index is 2.08. The molecule has 8 nitrogen and oxygen atoms in total. The van der Waals surface area contributed by atoms with Gasteiger partial charge in [0.2, 0.25) is 6.04 Å². The number of hydrogen-bond donors (Lipinski definition) is 1. The molecule has 1 aromatic heterocycles. The second-order valence-corrected chi connectivity index (χ2v) is 7.48. The predicted molar refractivity (Wildman–Crippen MR) is 101 cm³/mol. The molecular formula is C17H16BrClFN3O5. The summed E-state index contributed by atoms with van der Waals surface area (Å²) < 4.78 is 20.5. The summed E-state index contributed by atoms with van der Waals surface area (Å²) in [6, 6.07) is -1.21. The van der Waals surface area contributed by atoms with Crippen LogP contribution in [0, 0.1) is 5.82 Å². The van der Waals surface area contributed by atoms with Gasteiger partial charge in [-0.3, -0.25) is 9.69 Å². The van der Waals surface area contributed by atoms with Gasteiger partial charge in [-0.05, 0) is 41.8 Å². The molecule has 1 N–H and O–H groups in total. The van der Waals surface area contributed by atoms with E-state index in [9.17, 15) is 23.9 Å². The number of ether oxygens (including phenoxy) is 1. The number of carboxylic acid groups (broad SMARTS) is 1. The molecular weight excluding hydrogens is 461 g/mol.